The quantitative estimate of drug-likeness (QED) is 0.671. The summed E-state index contributed by atoms with van der Waals surface area (Å²) in [4.78, 5) is 0. The Balaban J connectivity index is 2.69. The SMILES string of the molecule is CO[C@@H](C)[CH]c1ccccc1F. The van der Waals surface area contributed by atoms with Gasteiger partial charge < -0.3 is 4.74 Å². The fourth-order valence-electron chi connectivity index (χ4n) is 0.931. The molecule has 65 valence electrons. The third kappa shape index (κ3) is 2.31. The van der Waals surface area contributed by atoms with Crippen LogP contribution in [-0.2, 0) is 4.74 Å². The summed E-state index contributed by atoms with van der Waals surface area (Å²) >= 11 is 0. The number of benzene rings is 1. The maximum atomic E-state index is 13.0. The molecule has 0 N–H and O–H groups in total. The van der Waals surface area contributed by atoms with Crippen molar-refractivity contribution in [2.75, 3.05) is 7.11 Å². The van der Waals surface area contributed by atoms with Crippen LogP contribution in [0.4, 0.5) is 4.39 Å². The standard InChI is InChI=1S/C10H12FO/c1-8(12-2)7-9-5-3-4-6-10(9)11/h3-8H,1-2H3/t8-/m0/s1. The zero-order valence-electron chi connectivity index (χ0n) is 7.25. The molecule has 1 nitrogen and oxygen atoms in total. The number of ether oxygens (including phenoxy) is 1. The van der Waals surface area contributed by atoms with Gasteiger partial charge in [-0.2, -0.15) is 0 Å². The number of methoxy groups -OCH3 is 1. The lowest BCUT2D eigenvalue weighted by atomic mass is 10.1. The summed E-state index contributed by atoms with van der Waals surface area (Å²) in [5.74, 6) is -0.207. The van der Waals surface area contributed by atoms with Gasteiger partial charge in [0, 0.05) is 13.5 Å². The minimum Gasteiger partial charge on any atom is -0.381 e. The summed E-state index contributed by atoms with van der Waals surface area (Å²) in [6.07, 6.45) is 1.69. The van der Waals surface area contributed by atoms with Crippen LogP contribution in [0.3, 0.4) is 0 Å². The summed E-state index contributed by atoms with van der Waals surface area (Å²) in [5.41, 5.74) is 0.590. The summed E-state index contributed by atoms with van der Waals surface area (Å²) in [6.45, 7) is 1.87. The van der Waals surface area contributed by atoms with Crippen molar-refractivity contribution in [2.45, 2.75) is 13.0 Å². The number of halogens is 1. The second-order valence-corrected chi connectivity index (χ2v) is 2.63. The third-order valence-electron chi connectivity index (χ3n) is 1.69. The molecule has 0 aliphatic carbocycles. The molecule has 1 aromatic rings. The fraction of sp³-hybridized carbons (Fsp3) is 0.300. The molecule has 0 aromatic heterocycles. The van der Waals surface area contributed by atoms with Gasteiger partial charge in [-0.05, 0) is 18.6 Å². The smallest absolute Gasteiger partial charge is 0.126 e. The molecular weight excluding hydrogens is 155 g/mol. The van der Waals surface area contributed by atoms with E-state index in [4.69, 9.17) is 4.74 Å². The Hall–Kier alpha value is -0.890. The molecule has 0 spiro atoms. The maximum Gasteiger partial charge on any atom is 0.126 e. The highest BCUT2D eigenvalue weighted by Crippen LogP contribution is 2.11. The van der Waals surface area contributed by atoms with E-state index in [0.717, 1.165) is 0 Å². The van der Waals surface area contributed by atoms with Crippen LogP contribution in [0.25, 0.3) is 0 Å². The van der Waals surface area contributed by atoms with E-state index in [9.17, 15) is 4.39 Å². The van der Waals surface area contributed by atoms with E-state index in [0.29, 0.717) is 5.56 Å². The van der Waals surface area contributed by atoms with Crippen molar-refractivity contribution in [1.82, 2.24) is 0 Å². The fourth-order valence-corrected chi connectivity index (χ4v) is 0.931. The molecular formula is C10H12FO. The number of rotatable bonds is 3. The van der Waals surface area contributed by atoms with Gasteiger partial charge in [-0.1, -0.05) is 18.2 Å². The Morgan fingerprint density at radius 3 is 2.67 bits per heavy atom. The van der Waals surface area contributed by atoms with E-state index in [1.54, 1.807) is 31.7 Å². The van der Waals surface area contributed by atoms with Gasteiger partial charge >= 0.3 is 0 Å². The third-order valence-corrected chi connectivity index (χ3v) is 1.69. The molecule has 0 unspecified atom stereocenters. The molecule has 0 saturated carbocycles. The van der Waals surface area contributed by atoms with Gasteiger partial charge in [-0.25, -0.2) is 4.39 Å². The van der Waals surface area contributed by atoms with E-state index in [1.165, 1.54) is 6.07 Å². The van der Waals surface area contributed by atoms with Crippen LogP contribution in [0.15, 0.2) is 24.3 Å². The van der Waals surface area contributed by atoms with Crippen LogP contribution in [0.2, 0.25) is 0 Å². The van der Waals surface area contributed by atoms with Gasteiger partial charge in [0.2, 0.25) is 0 Å². The normalized spacial score (nSPS) is 12.9. The molecule has 1 aromatic carbocycles. The van der Waals surface area contributed by atoms with E-state index >= 15 is 0 Å². The number of hydrogen-bond acceptors (Lipinski definition) is 1. The van der Waals surface area contributed by atoms with Gasteiger partial charge in [-0.15, -0.1) is 0 Å². The Morgan fingerprint density at radius 2 is 2.08 bits per heavy atom. The molecule has 0 fully saturated rings. The molecule has 0 aliphatic heterocycles. The zero-order valence-corrected chi connectivity index (χ0v) is 7.25. The van der Waals surface area contributed by atoms with E-state index < -0.39 is 0 Å². The molecule has 0 amide bonds. The van der Waals surface area contributed by atoms with Crippen LogP contribution in [-0.4, -0.2) is 13.2 Å². The highest BCUT2D eigenvalue weighted by molar-refractivity contribution is 5.25. The Kier molecular flexibility index (Phi) is 3.23. The second kappa shape index (κ2) is 4.21. The summed E-state index contributed by atoms with van der Waals surface area (Å²) < 4.78 is 18.0. The first-order chi connectivity index (χ1) is 5.74. The predicted octanol–water partition coefficient (Wildman–Crippen LogP) is 2.41. The monoisotopic (exact) mass is 167 g/mol. The van der Waals surface area contributed by atoms with Crippen molar-refractivity contribution in [1.29, 1.82) is 0 Å². The molecule has 0 aliphatic rings. The minimum atomic E-state index is -0.207. The van der Waals surface area contributed by atoms with E-state index in [-0.39, 0.29) is 11.9 Å². The highest BCUT2D eigenvalue weighted by Gasteiger charge is 2.05. The van der Waals surface area contributed by atoms with E-state index in [1.807, 2.05) is 6.92 Å². The average molecular weight is 167 g/mol. The first-order valence-electron chi connectivity index (χ1n) is 3.86. The maximum absolute atomic E-state index is 13.0. The van der Waals surface area contributed by atoms with Crippen LogP contribution in [0.1, 0.15) is 12.5 Å². The van der Waals surface area contributed by atoms with Crippen molar-refractivity contribution in [2.24, 2.45) is 0 Å². The van der Waals surface area contributed by atoms with Gasteiger partial charge in [-0.3, -0.25) is 0 Å². The van der Waals surface area contributed by atoms with Crippen molar-refractivity contribution in [3.8, 4) is 0 Å². The first kappa shape index (κ1) is 9.20. The Bertz CT molecular complexity index is 247. The molecule has 0 bridgehead atoms. The largest absolute Gasteiger partial charge is 0.381 e. The molecule has 1 rings (SSSR count). The van der Waals surface area contributed by atoms with Crippen LogP contribution >= 0.6 is 0 Å². The van der Waals surface area contributed by atoms with Gasteiger partial charge in [0.25, 0.3) is 0 Å². The van der Waals surface area contributed by atoms with Gasteiger partial charge in [0.05, 0.1) is 6.10 Å². The van der Waals surface area contributed by atoms with Gasteiger partial charge in [0.15, 0.2) is 0 Å². The number of hydrogen-bond donors (Lipinski definition) is 0. The van der Waals surface area contributed by atoms with Crippen molar-refractivity contribution in [3.63, 3.8) is 0 Å². The molecule has 2 heteroatoms. The lowest BCUT2D eigenvalue weighted by Gasteiger charge is -2.08. The Labute approximate surface area is 72.2 Å². The lowest BCUT2D eigenvalue weighted by Crippen LogP contribution is -2.07. The highest BCUT2D eigenvalue weighted by atomic mass is 19.1. The zero-order chi connectivity index (χ0) is 8.97. The second-order valence-electron chi connectivity index (χ2n) is 2.63. The van der Waals surface area contributed by atoms with Crippen LogP contribution < -0.4 is 0 Å². The summed E-state index contributed by atoms with van der Waals surface area (Å²) in [7, 11) is 1.60. The van der Waals surface area contributed by atoms with Crippen LogP contribution in [0.5, 0.6) is 0 Å². The minimum absolute atomic E-state index is 0.0538. The summed E-state index contributed by atoms with van der Waals surface area (Å²) in [5, 5.41) is 0. The summed E-state index contributed by atoms with van der Waals surface area (Å²) in [6, 6.07) is 6.64. The van der Waals surface area contributed by atoms with Crippen molar-refractivity contribution >= 4 is 0 Å². The first-order valence-corrected chi connectivity index (χ1v) is 3.86. The Morgan fingerprint density at radius 1 is 1.42 bits per heavy atom. The van der Waals surface area contributed by atoms with Crippen molar-refractivity contribution in [3.05, 3.63) is 42.1 Å². The van der Waals surface area contributed by atoms with Crippen LogP contribution in [0, 0.1) is 12.2 Å². The van der Waals surface area contributed by atoms with Gasteiger partial charge in [0.1, 0.15) is 5.82 Å². The molecule has 1 radical (unpaired) electrons. The van der Waals surface area contributed by atoms with Crippen molar-refractivity contribution < 1.29 is 9.13 Å². The molecule has 1 atom stereocenters. The molecule has 0 saturated heterocycles. The predicted molar refractivity (Wildman–Crippen MR) is 46.3 cm³/mol. The molecule has 12 heavy (non-hydrogen) atoms. The molecule has 0 heterocycles. The average Bonchev–Trinajstić information content (AvgIpc) is 2.09. The van der Waals surface area contributed by atoms with E-state index in [2.05, 4.69) is 0 Å². The topological polar surface area (TPSA) is 9.23 Å². The lowest BCUT2D eigenvalue weighted by molar-refractivity contribution is 0.146.